The zero-order valence-electron chi connectivity index (χ0n) is 41.5. The fraction of sp³-hybridized carbons (Fsp3) is 0.688. The first-order valence-corrected chi connectivity index (χ1v) is 25.0. The number of hydrogen-bond acceptors (Lipinski definition) is 11. The maximum absolute atomic E-state index is 14.1. The number of aliphatic hydroxyl groups is 1. The molecular weight excluding hydrogens is 886 g/mol. The van der Waals surface area contributed by atoms with E-state index in [1.54, 1.807) is 64.4 Å². The van der Waals surface area contributed by atoms with Crippen LogP contribution in [0.3, 0.4) is 0 Å². The molecule has 16 nitrogen and oxygen atoms in total. The molecule has 2 aliphatic rings. The van der Waals surface area contributed by atoms with E-state index in [9.17, 15) is 27.9 Å². The average molecular weight is 969 g/mol. The molecule has 0 radical (unpaired) electrons. The van der Waals surface area contributed by atoms with Crippen molar-refractivity contribution in [1.82, 2.24) is 24.7 Å². The van der Waals surface area contributed by atoms with Gasteiger partial charge in [0.25, 0.3) is 0 Å². The maximum Gasteiger partial charge on any atom is 0.407 e. The number of ether oxygens (including phenoxy) is 3. The lowest BCUT2D eigenvalue weighted by atomic mass is 9.77. The molecule has 2 fully saturated rings. The van der Waals surface area contributed by atoms with Crippen molar-refractivity contribution in [2.75, 3.05) is 79.9 Å². The van der Waals surface area contributed by atoms with E-state index in [2.05, 4.69) is 43.6 Å². The van der Waals surface area contributed by atoms with Gasteiger partial charge in [0.15, 0.2) is 6.29 Å². The number of fused-ring (bicyclic) bond motifs is 1. The van der Waals surface area contributed by atoms with Crippen LogP contribution in [0.5, 0.6) is 0 Å². The normalized spacial score (nSPS) is 17.9. The number of nitrogens with one attached hydrogen (secondary N) is 3. The monoisotopic (exact) mass is 968 g/mol. The zero-order valence-corrected chi connectivity index (χ0v) is 43.1. The van der Waals surface area contributed by atoms with Gasteiger partial charge in [-0.25, -0.2) is 18.0 Å². The standard InChI is InChI=1S/C32H48N4O7S.C13H28N2O.C3H6ClNO/c1-32(2,15-7-8-16-33)22-36(44(39,40)25-13-9-12-24(19-25)34-3)20-28(37)27(18-23-10-5-4-6-11-23)35-31(38)43-29-21-42-30-26(29)14-17-41-30;1-11(2)13(3,4)9-7-8-10-14-12(16)15(5)6;1-5(2)3(4)6/h4-6,9-13,19,26-30,34,37H,7-8,14-18,20-22,33H2,1-3H3,(H,35,38);11H,7-10H2,1-6H3,(H,14,16);1-2H3/t26?,27-,28?,29?,30?;;/m0../s1. The topological polar surface area (TPSA) is 205 Å². The number of anilines is 1. The second-order valence-electron chi connectivity index (χ2n) is 19.3. The molecule has 4 amide bonds. The van der Waals surface area contributed by atoms with Crippen LogP contribution in [0.4, 0.5) is 20.1 Å². The molecular formula is C48H82ClN7O9S. The first kappa shape index (κ1) is 58.4. The van der Waals surface area contributed by atoms with E-state index in [1.165, 1.54) is 22.0 Å². The minimum absolute atomic E-state index is 0.00289. The first-order chi connectivity index (χ1) is 30.9. The number of hydrogen-bond donors (Lipinski definition) is 5. The highest BCUT2D eigenvalue weighted by Gasteiger charge is 2.44. The summed E-state index contributed by atoms with van der Waals surface area (Å²) in [7, 11) is 4.41. The van der Waals surface area contributed by atoms with Crippen molar-refractivity contribution in [2.24, 2.45) is 28.4 Å². The number of sulfonamides is 1. The third-order valence-corrected chi connectivity index (χ3v) is 14.4. The van der Waals surface area contributed by atoms with Gasteiger partial charge in [-0.05, 0) is 97.2 Å². The van der Waals surface area contributed by atoms with Gasteiger partial charge in [-0.1, -0.05) is 90.8 Å². The molecule has 0 aliphatic carbocycles. The summed E-state index contributed by atoms with van der Waals surface area (Å²) in [4.78, 5) is 37.2. The van der Waals surface area contributed by atoms with Crippen LogP contribution in [0.15, 0.2) is 59.5 Å². The molecule has 2 aromatic carbocycles. The summed E-state index contributed by atoms with van der Waals surface area (Å²) in [5.74, 6) is 0.678. The van der Waals surface area contributed by atoms with Crippen LogP contribution in [0.2, 0.25) is 0 Å². The van der Waals surface area contributed by atoms with Crippen molar-refractivity contribution in [3.05, 3.63) is 60.2 Å². The van der Waals surface area contributed by atoms with E-state index in [-0.39, 0.29) is 49.3 Å². The summed E-state index contributed by atoms with van der Waals surface area (Å²) in [5, 5.41) is 20.0. The summed E-state index contributed by atoms with van der Waals surface area (Å²) >= 11 is 4.90. The van der Waals surface area contributed by atoms with Crippen LogP contribution in [-0.4, -0.2) is 144 Å². The van der Waals surface area contributed by atoms with Gasteiger partial charge in [0.2, 0.25) is 10.0 Å². The third-order valence-electron chi connectivity index (χ3n) is 12.2. The molecule has 0 saturated carbocycles. The summed E-state index contributed by atoms with van der Waals surface area (Å²) in [6, 6.07) is 15.2. The Balaban J connectivity index is 0.000000563. The minimum atomic E-state index is -4.02. The lowest BCUT2D eigenvalue weighted by molar-refractivity contribution is -0.0907. The van der Waals surface area contributed by atoms with E-state index in [0.717, 1.165) is 44.2 Å². The number of unbranched alkanes of at least 4 members (excludes halogenated alkanes) is 2. The van der Waals surface area contributed by atoms with Crippen LogP contribution in [0.1, 0.15) is 92.1 Å². The number of nitrogens with zero attached hydrogens (tertiary/aromatic N) is 3. The molecule has 4 rings (SSSR count). The van der Waals surface area contributed by atoms with Gasteiger partial charge >= 0.3 is 17.5 Å². The summed E-state index contributed by atoms with van der Waals surface area (Å²) in [6.45, 7) is 15.3. The predicted molar refractivity (Wildman–Crippen MR) is 263 cm³/mol. The van der Waals surface area contributed by atoms with Crippen LogP contribution in [-0.2, 0) is 30.7 Å². The maximum atomic E-state index is 14.1. The Morgan fingerprint density at radius 2 is 1.59 bits per heavy atom. The quantitative estimate of drug-likeness (QED) is 0.0448. The largest absolute Gasteiger partial charge is 0.443 e. The van der Waals surface area contributed by atoms with Crippen molar-refractivity contribution in [2.45, 2.75) is 122 Å². The molecule has 5 atom stereocenters. The van der Waals surface area contributed by atoms with Crippen molar-refractivity contribution in [1.29, 1.82) is 0 Å². The second-order valence-corrected chi connectivity index (χ2v) is 21.6. The molecule has 2 heterocycles. The van der Waals surface area contributed by atoms with Gasteiger partial charge < -0.3 is 50.8 Å². The van der Waals surface area contributed by atoms with Crippen LogP contribution in [0.25, 0.3) is 0 Å². The molecule has 4 unspecified atom stereocenters. The van der Waals surface area contributed by atoms with E-state index in [4.69, 9.17) is 31.5 Å². The Kier molecular flexibility index (Phi) is 25.3. The lowest BCUT2D eigenvalue weighted by Crippen LogP contribution is -2.52. The van der Waals surface area contributed by atoms with E-state index < -0.39 is 45.1 Å². The number of rotatable bonds is 22. The van der Waals surface area contributed by atoms with E-state index in [0.29, 0.717) is 30.2 Å². The molecule has 2 saturated heterocycles. The van der Waals surface area contributed by atoms with Crippen LogP contribution >= 0.6 is 11.6 Å². The Morgan fingerprint density at radius 3 is 2.18 bits per heavy atom. The van der Waals surface area contributed by atoms with Gasteiger partial charge in [0, 0.05) is 60.6 Å². The average Bonchev–Trinajstić information content (AvgIpc) is 3.89. The fourth-order valence-electron chi connectivity index (χ4n) is 7.22. The van der Waals surface area contributed by atoms with Crippen molar-refractivity contribution < 1.29 is 42.1 Å². The lowest BCUT2D eigenvalue weighted by Gasteiger charge is -2.35. The number of carbonyl (C=O) groups is 3. The SMILES string of the molecule is CC(C)C(C)(C)CCCCNC(=O)N(C)C.CN(C)C(=O)Cl.CNc1cccc(S(=O)(=O)N(CC(O)[C@H](Cc2ccccc2)NC(=O)OC2COC3OCCC23)CC(C)(C)CCCCN)c1. The molecule has 2 aromatic rings. The molecule has 18 heteroatoms. The number of nitrogens with two attached hydrogens (primary N) is 1. The summed E-state index contributed by atoms with van der Waals surface area (Å²) in [5.41, 5.74) is 7.26. The highest BCUT2D eigenvalue weighted by molar-refractivity contribution is 7.89. The molecule has 66 heavy (non-hydrogen) atoms. The van der Waals surface area contributed by atoms with Gasteiger partial charge in [-0.3, -0.25) is 4.79 Å². The highest BCUT2D eigenvalue weighted by atomic mass is 35.5. The second kappa shape index (κ2) is 28.6. The van der Waals surface area contributed by atoms with Crippen LogP contribution < -0.4 is 21.7 Å². The number of benzene rings is 2. The first-order valence-electron chi connectivity index (χ1n) is 23.2. The minimum Gasteiger partial charge on any atom is -0.443 e. The smallest absolute Gasteiger partial charge is 0.407 e. The molecule has 0 spiro atoms. The predicted octanol–water partition coefficient (Wildman–Crippen LogP) is 7.35. The molecule has 2 aliphatic heterocycles. The van der Waals surface area contributed by atoms with Gasteiger partial charge in [-0.15, -0.1) is 0 Å². The summed E-state index contributed by atoms with van der Waals surface area (Å²) < 4.78 is 46.4. The Labute approximate surface area is 401 Å². The van der Waals surface area contributed by atoms with Crippen molar-refractivity contribution in [3.63, 3.8) is 0 Å². The number of alkyl carbamates (subject to hydrolysis) is 1. The molecule has 376 valence electrons. The zero-order chi connectivity index (χ0) is 49.7. The number of carbonyl (C=O) groups excluding carboxylic acids is 3. The van der Waals surface area contributed by atoms with Crippen molar-refractivity contribution in [3.8, 4) is 0 Å². The fourth-order valence-corrected chi connectivity index (χ4v) is 8.91. The molecule has 0 bridgehead atoms. The third kappa shape index (κ3) is 20.7. The number of halogens is 1. The Hall–Kier alpha value is -3.71. The number of aliphatic hydroxyl groups excluding tert-OH is 1. The van der Waals surface area contributed by atoms with Gasteiger partial charge in [0.05, 0.1) is 36.2 Å². The van der Waals surface area contributed by atoms with Crippen molar-refractivity contribution >= 4 is 44.8 Å². The molecule has 0 aromatic heterocycles. The van der Waals surface area contributed by atoms with Gasteiger partial charge in [0.1, 0.15) is 6.10 Å². The summed E-state index contributed by atoms with van der Waals surface area (Å²) in [6.07, 6.45) is 4.18. The van der Waals surface area contributed by atoms with E-state index in [1.807, 2.05) is 44.2 Å². The van der Waals surface area contributed by atoms with Crippen LogP contribution in [0, 0.1) is 22.7 Å². The number of urea groups is 1. The highest BCUT2D eigenvalue weighted by Crippen LogP contribution is 2.34. The Morgan fingerprint density at radius 1 is 0.939 bits per heavy atom. The van der Waals surface area contributed by atoms with E-state index >= 15 is 0 Å². The number of amides is 4. The van der Waals surface area contributed by atoms with Gasteiger partial charge in [-0.2, -0.15) is 4.31 Å². The Bertz CT molecular complexity index is 1850. The molecule has 6 N–H and O–H groups in total.